The van der Waals surface area contributed by atoms with Crippen LogP contribution in [0.4, 0.5) is 0 Å². The van der Waals surface area contributed by atoms with Crippen molar-refractivity contribution in [2.24, 2.45) is 0 Å². The summed E-state index contributed by atoms with van der Waals surface area (Å²) in [5, 5.41) is 9.68. The molecule has 0 amide bonds. The van der Waals surface area contributed by atoms with Gasteiger partial charge in [-0.3, -0.25) is 0 Å². The Hall–Kier alpha value is 0.270. The summed E-state index contributed by atoms with van der Waals surface area (Å²) in [6.07, 6.45) is 9.94. The Kier molecular flexibility index (Phi) is 15.6. The Morgan fingerprint density at radius 1 is 0.944 bits per heavy atom. The minimum atomic E-state index is -0.285. The summed E-state index contributed by atoms with van der Waals surface area (Å²) in [5.41, 5.74) is 0. The number of unbranched alkanes of at least 4 members (excludes halogenated alkanes) is 6. The van der Waals surface area contributed by atoms with Crippen LogP contribution in [0, 0.1) is 0 Å². The van der Waals surface area contributed by atoms with E-state index in [9.17, 15) is 5.11 Å². The first kappa shape index (κ1) is 18.3. The van der Waals surface area contributed by atoms with Gasteiger partial charge in [0.15, 0.2) is 0 Å². The van der Waals surface area contributed by atoms with Crippen LogP contribution in [0.5, 0.6) is 0 Å². The number of rotatable bonds is 14. The number of hydrogen-bond donors (Lipinski definition) is 1. The molecular formula is C15H32O2S. The molecule has 0 radical (unpaired) electrons. The van der Waals surface area contributed by atoms with Gasteiger partial charge in [0.2, 0.25) is 0 Å². The fourth-order valence-corrected chi connectivity index (χ4v) is 2.75. The first-order valence-electron chi connectivity index (χ1n) is 7.64. The van der Waals surface area contributed by atoms with Crippen LogP contribution in [0.1, 0.15) is 65.2 Å². The maximum Gasteiger partial charge on any atom is 0.0863 e. The van der Waals surface area contributed by atoms with Crippen LogP contribution in [0.25, 0.3) is 0 Å². The SMILES string of the molecule is CCCCCCCCOCC(O)CSCCCC. The molecule has 0 aromatic heterocycles. The Bertz CT molecular complexity index is 153. The summed E-state index contributed by atoms with van der Waals surface area (Å²) < 4.78 is 5.50. The van der Waals surface area contributed by atoms with Crippen molar-refractivity contribution >= 4 is 11.8 Å². The van der Waals surface area contributed by atoms with Gasteiger partial charge in [-0.1, -0.05) is 52.4 Å². The number of aliphatic hydroxyl groups is 1. The predicted molar refractivity (Wildman–Crippen MR) is 82.4 cm³/mol. The molecule has 0 bridgehead atoms. The number of ether oxygens (including phenoxy) is 1. The van der Waals surface area contributed by atoms with E-state index in [0.717, 1.165) is 24.5 Å². The number of aliphatic hydroxyl groups excluding tert-OH is 1. The Morgan fingerprint density at radius 2 is 1.61 bits per heavy atom. The van der Waals surface area contributed by atoms with Gasteiger partial charge in [0.1, 0.15) is 0 Å². The van der Waals surface area contributed by atoms with E-state index in [1.165, 1.54) is 44.9 Å². The second-order valence-electron chi connectivity index (χ2n) is 4.92. The number of hydrogen-bond acceptors (Lipinski definition) is 3. The van der Waals surface area contributed by atoms with Crippen molar-refractivity contribution in [2.45, 2.75) is 71.3 Å². The summed E-state index contributed by atoms with van der Waals surface area (Å²) in [4.78, 5) is 0. The van der Waals surface area contributed by atoms with Gasteiger partial charge in [-0.15, -0.1) is 0 Å². The summed E-state index contributed by atoms with van der Waals surface area (Å²) in [7, 11) is 0. The monoisotopic (exact) mass is 276 g/mol. The lowest BCUT2D eigenvalue weighted by Crippen LogP contribution is -2.18. The molecule has 0 rings (SSSR count). The molecule has 18 heavy (non-hydrogen) atoms. The van der Waals surface area contributed by atoms with Gasteiger partial charge in [-0.25, -0.2) is 0 Å². The zero-order chi connectivity index (χ0) is 13.5. The summed E-state index contributed by atoms with van der Waals surface area (Å²) in [6.45, 7) is 5.75. The van der Waals surface area contributed by atoms with Crippen molar-refractivity contribution in [1.82, 2.24) is 0 Å². The molecule has 1 atom stereocenters. The second kappa shape index (κ2) is 15.3. The Morgan fingerprint density at radius 3 is 2.33 bits per heavy atom. The second-order valence-corrected chi connectivity index (χ2v) is 6.07. The molecular weight excluding hydrogens is 244 g/mol. The maximum atomic E-state index is 9.68. The topological polar surface area (TPSA) is 29.5 Å². The van der Waals surface area contributed by atoms with Crippen molar-refractivity contribution in [3.05, 3.63) is 0 Å². The van der Waals surface area contributed by atoms with E-state index >= 15 is 0 Å². The zero-order valence-electron chi connectivity index (χ0n) is 12.3. The average molecular weight is 276 g/mol. The molecule has 1 N–H and O–H groups in total. The molecule has 0 aromatic rings. The van der Waals surface area contributed by atoms with Crippen LogP contribution in [0.2, 0.25) is 0 Å². The van der Waals surface area contributed by atoms with Crippen molar-refractivity contribution in [1.29, 1.82) is 0 Å². The molecule has 3 heteroatoms. The van der Waals surface area contributed by atoms with E-state index in [-0.39, 0.29) is 6.10 Å². The minimum Gasteiger partial charge on any atom is -0.390 e. The molecule has 0 saturated heterocycles. The Balaban J connectivity index is 3.08. The highest BCUT2D eigenvalue weighted by Gasteiger charge is 2.03. The third-order valence-electron chi connectivity index (χ3n) is 2.90. The van der Waals surface area contributed by atoms with Crippen molar-refractivity contribution in [3.8, 4) is 0 Å². The highest BCUT2D eigenvalue weighted by Crippen LogP contribution is 2.08. The third-order valence-corrected chi connectivity index (χ3v) is 4.10. The minimum absolute atomic E-state index is 0.285. The van der Waals surface area contributed by atoms with Gasteiger partial charge in [0.25, 0.3) is 0 Å². The molecule has 0 aliphatic carbocycles. The van der Waals surface area contributed by atoms with E-state index in [1.807, 2.05) is 11.8 Å². The van der Waals surface area contributed by atoms with Crippen LogP contribution in [-0.2, 0) is 4.74 Å². The van der Waals surface area contributed by atoms with Gasteiger partial charge in [0.05, 0.1) is 12.7 Å². The van der Waals surface area contributed by atoms with Crippen LogP contribution in [0.15, 0.2) is 0 Å². The van der Waals surface area contributed by atoms with E-state index < -0.39 is 0 Å². The van der Waals surface area contributed by atoms with Gasteiger partial charge >= 0.3 is 0 Å². The molecule has 0 aromatic carbocycles. The first-order chi connectivity index (χ1) is 8.81. The smallest absolute Gasteiger partial charge is 0.0863 e. The van der Waals surface area contributed by atoms with Gasteiger partial charge in [-0.05, 0) is 18.6 Å². The lowest BCUT2D eigenvalue weighted by atomic mass is 10.1. The van der Waals surface area contributed by atoms with Crippen LogP contribution in [-0.4, -0.2) is 35.9 Å². The molecule has 0 heterocycles. The molecule has 0 saturated carbocycles. The Labute approximate surface area is 118 Å². The van der Waals surface area contributed by atoms with Crippen LogP contribution in [0.3, 0.4) is 0 Å². The molecule has 0 aliphatic heterocycles. The first-order valence-corrected chi connectivity index (χ1v) is 8.80. The molecule has 110 valence electrons. The van der Waals surface area contributed by atoms with Crippen LogP contribution < -0.4 is 0 Å². The normalized spacial score (nSPS) is 12.8. The fraction of sp³-hybridized carbons (Fsp3) is 1.00. The van der Waals surface area contributed by atoms with Crippen molar-refractivity contribution in [2.75, 3.05) is 24.7 Å². The van der Waals surface area contributed by atoms with E-state index in [1.54, 1.807) is 0 Å². The molecule has 1 unspecified atom stereocenters. The maximum absolute atomic E-state index is 9.68. The van der Waals surface area contributed by atoms with E-state index in [4.69, 9.17) is 4.74 Å². The summed E-state index contributed by atoms with van der Waals surface area (Å²) >= 11 is 1.83. The lowest BCUT2D eigenvalue weighted by molar-refractivity contribution is 0.0468. The van der Waals surface area contributed by atoms with Gasteiger partial charge in [-0.2, -0.15) is 11.8 Å². The highest BCUT2D eigenvalue weighted by atomic mass is 32.2. The predicted octanol–water partition coefficient (Wildman–Crippen LogP) is 4.26. The molecule has 0 spiro atoms. The zero-order valence-corrected chi connectivity index (χ0v) is 13.1. The average Bonchev–Trinajstić information content (AvgIpc) is 2.38. The van der Waals surface area contributed by atoms with Gasteiger partial charge < -0.3 is 9.84 Å². The summed E-state index contributed by atoms with van der Waals surface area (Å²) in [5.74, 6) is 1.97. The van der Waals surface area contributed by atoms with E-state index in [0.29, 0.717) is 6.61 Å². The molecule has 2 nitrogen and oxygen atoms in total. The fourth-order valence-electron chi connectivity index (χ4n) is 1.72. The molecule has 0 aliphatic rings. The standard InChI is InChI=1S/C15H32O2S/c1-3-5-7-8-9-10-11-17-13-15(16)14-18-12-6-4-2/h15-16H,3-14H2,1-2H3. The van der Waals surface area contributed by atoms with Gasteiger partial charge in [0, 0.05) is 12.4 Å². The van der Waals surface area contributed by atoms with Crippen LogP contribution >= 0.6 is 11.8 Å². The van der Waals surface area contributed by atoms with Crippen molar-refractivity contribution < 1.29 is 9.84 Å². The number of thioether (sulfide) groups is 1. The quantitative estimate of drug-likeness (QED) is 0.481. The molecule has 0 fully saturated rings. The highest BCUT2D eigenvalue weighted by molar-refractivity contribution is 7.99. The lowest BCUT2D eigenvalue weighted by Gasteiger charge is -2.10. The summed E-state index contributed by atoms with van der Waals surface area (Å²) in [6, 6.07) is 0. The largest absolute Gasteiger partial charge is 0.390 e. The third kappa shape index (κ3) is 14.3. The van der Waals surface area contributed by atoms with E-state index in [2.05, 4.69) is 13.8 Å². The van der Waals surface area contributed by atoms with Crippen molar-refractivity contribution in [3.63, 3.8) is 0 Å².